The van der Waals surface area contributed by atoms with Gasteiger partial charge in [0.05, 0.1) is 23.3 Å². The number of fused-ring (bicyclic) bond motifs is 1. The lowest BCUT2D eigenvalue weighted by Crippen LogP contribution is -2.41. The molecule has 0 radical (unpaired) electrons. The lowest BCUT2D eigenvalue weighted by atomic mass is 9.79. The number of rotatable bonds is 3. The van der Waals surface area contributed by atoms with Gasteiger partial charge in [-0.05, 0) is 50.9 Å². The number of hydrogen-bond donors (Lipinski definition) is 1. The molecule has 26 heavy (non-hydrogen) atoms. The van der Waals surface area contributed by atoms with E-state index in [9.17, 15) is 0 Å². The van der Waals surface area contributed by atoms with Crippen molar-refractivity contribution in [1.29, 1.82) is 0 Å². The van der Waals surface area contributed by atoms with E-state index in [-0.39, 0.29) is 11.2 Å². The number of hydrogen-bond acceptors (Lipinski definition) is 4. The van der Waals surface area contributed by atoms with Gasteiger partial charge in [0.25, 0.3) is 0 Å². The summed E-state index contributed by atoms with van der Waals surface area (Å²) in [4.78, 5) is 0. The van der Waals surface area contributed by atoms with Crippen molar-refractivity contribution in [1.82, 2.24) is 9.78 Å². The third kappa shape index (κ3) is 2.79. The normalized spacial score (nSPS) is 18.5. The molecule has 134 valence electrons. The summed E-state index contributed by atoms with van der Waals surface area (Å²) in [6, 6.07) is 16.3. The summed E-state index contributed by atoms with van der Waals surface area (Å²) < 4.78 is 14.3. The van der Waals surface area contributed by atoms with Gasteiger partial charge in [-0.2, -0.15) is 5.10 Å². The van der Waals surface area contributed by atoms with Crippen LogP contribution in [-0.4, -0.2) is 28.1 Å². The smallest absolute Gasteiger partial charge is 0.399 e. The Balaban J connectivity index is 1.72. The first-order chi connectivity index (χ1) is 12.3. The molecule has 1 aliphatic rings. The summed E-state index contributed by atoms with van der Waals surface area (Å²) in [7, 11) is -0.398. The zero-order valence-electron chi connectivity index (χ0n) is 15.7. The van der Waals surface area contributed by atoms with Crippen LogP contribution in [0.1, 0.15) is 33.3 Å². The van der Waals surface area contributed by atoms with E-state index in [0.29, 0.717) is 12.4 Å². The maximum absolute atomic E-state index is 6.18. The highest BCUT2D eigenvalue weighted by Crippen LogP contribution is 2.36. The predicted octanol–water partition coefficient (Wildman–Crippen LogP) is 2.97. The maximum Gasteiger partial charge on any atom is 0.494 e. The Kier molecular flexibility index (Phi) is 3.86. The number of nitrogen functional groups attached to an aromatic ring is 1. The van der Waals surface area contributed by atoms with Gasteiger partial charge in [0.15, 0.2) is 5.82 Å². The van der Waals surface area contributed by atoms with Gasteiger partial charge in [-0.1, -0.05) is 36.4 Å². The van der Waals surface area contributed by atoms with Gasteiger partial charge in [0.2, 0.25) is 0 Å². The van der Waals surface area contributed by atoms with Crippen LogP contribution in [0.15, 0.2) is 48.5 Å². The summed E-state index contributed by atoms with van der Waals surface area (Å²) in [5.41, 5.74) is 8.54. The molecule has 0 bridgehead atoms. The van der Waals surface area contributed by atoms with Crippen LogP contribution in [-0.2, 0) is 15.9 Å². The van der Waals surface area contributed by atoms with Gasteiger partial charge in [0, 0.05) is 5.39 Å². The quantitative estimate of drug-likeness (QED) is 0.739. The standard InChI is InChI=1S/C20H24BN3O2/c1-19(2)20(3,4)26-21(25-19)15-10-11-16-17(12-15)24(23-18(16)22)13-14-8-6-5-7-9-14/h5-12H,13H2,1-4H3,(H2,22,23). The van der Waals surface area contributed by atoms with E-state index in [1.54, 1.807) is 0 Å². The van der Waals surface area contributed by atoms with E-state index in [4.69, 9.17) is 15.0 Å². The van der Waals surface area contributed by atoms with Crippen molar-refractivity contribution in [2.45, 2.75) is 45.4 Å². The summed E-state index contributed by atoms with van der Waals surface area (Å²) in [5.74, 6) is 0.538. The first kappa shape index (κ1) is 17.1. The molecule has 0 saturated carbocycles. The molecule has 1 aliphatic heterocycles. The average Bonchev–Trinajstić information content (AvgIpc) is 3.01. The highest BCUT2D eigenvalue weighted by Gasteiger charge is 2.51. The number of aromatic nitrogens is 2. The molecule has 2 aromatic carbocycles. The Bertz CT molecular complexity index is 934. The summed E-state index contributed by atoms with van der Waals surface area (Å²) >= 11 is 0. The molecule has 1 saturated heterocycles. The van der Waals surface area contributed by atoms with Gasteiger partial charge in [-0.15, -0.1) is 0 Å². The third-order valence-corrected chi connectivity index (χ3v) is 5.50. The highest BCUT2D eigenvalue weighted by atomic mass is 16.7. The predicted molar refractivity (Wildman–Crippen MR) is 105 cm³/mol. The van der Waals surface area contributed by atoms with Crippen molar-refractivity contribution in [3.05, 3.63) is 54.1 Å². The Labute approximate surface area is 154 Å². The van der Waals surface area contributed by atoms with Gasteiger partial charge < -0.3 is 15.0 Å². The molecule has 3 aromatic rings. The van der Waals surface area contributed by atoms with E-state index in [1.807, 2.05) is 35.0 Å². The molecule has 1 aromatic heterocycles. The Morgan fingerprint density at radius 1 is 1.00 bits per heavy atom. The van der Waals surface area contributed by atoms with Crippen molar-refractivity contribution in [3.63, 3.8) is 0 Å². The zero-order valence-corrected chi connectivity index (χ0v) is 15.7. The Morgan fingerprint density at radius 3 is 2.31 bits per heavy atom. The van der Waals surface area contributed by atoms with Gasteiger partial charge in [0.1, 0.15) is 0 Å². The second kappa shape index (κ2) is 5.86. The second-order valence-electron chi connectivity index (χ2n) is 7.89. The van der Waals surface area contributed by atoms with Crippen molar-refractivity contribution in [3.8, 4) is 0 Å². The first-order valence-corrected chi connectivity index (χ1v) is 8.92. The maximum atomic E-state index is 6.18. The molecule has 0 atom stereocenters. The molecule has 2 N–H and O–H groups in total. The van der Waals surface area contributed by atoms with Gasteiger partial charge in [-0.3, -0.25) is 4.68 Å². The van der Waals surface area contributed by atoms with Crippen LogP contribution in [0.5, 0.6) is 0 Å². The molecule has 0 amide bonds. The zero-order chi connectivity index (χ0) is 18.5. The molecule has 5 nitrogen and oxygen atoms in total. The van der Waals surface area contributed by atoms with Crippen molar-refractivity contribution in [2.24, 2.45) is 0 Å². The van der Waals surface area contributed by atoms with Crippen LogP contribution >= 0.6 is 0 Å². The summed E-state index contributed by atoms with van der Waals surface area (Å²) in [5, 5.41) is 5.47. The number of nitrogens with two attached hydrogens (primary N) is 1. The fraction of sp³-hybridized carbons (Fsp3) is 0.350. The summed E-state index contributed by atoms with van der Waals surface area (Å²) in [6.07, 6.45) is 0. The SMILES string of the molecule is CC1(C)OB(c2ccc3c(N)nn(Cc4ccccc4)c3c2)OC1(C)C. The molecular formula is C20H24BN3O2. The molecule has 4 rings (SSSR count). The molecule has 2 heterocycles. The molecule has 1 fully saturated rings. The van der Waals surface area contributed by atoms with Crippen LogP contribution < -0.4 is 11.2 Å². The number of benzene rings is 2. The van der Waals surface area contributed by atoms with Crippen LogP contribution in [0.3, 0.4) is 0 Å². The monoisotopic (exact) mass is 349 g/mol. The lowest BCUT2D eigenvalue weighted by Gasteiger charge is -2.32. The second-order valence-corrected chi connectivity index (χ2v) is 7.89. The number of nitrogens with zero attached hydrogens (tertiary/aromatic N) is 2. The third-order valence-electron chi connectivity index (χ3n) is 5.50. The molecule has 0 aliphatic carbocycles. The topological polar surface area (TPSA) is 62.3 Å². The van der Waals surface area contributed by atoms with E-state index < -0.39 is 7.12 Å². The van der Waals surface area contributed by atoms with Crippen molar-refractivity contribution < 1.29 is 9.31 Å². The number of anilines is 1. The fourth-order valence-electron chi connectivity index (χ4n) is 3.22. The first-order valence-electron chi connectivity index (χ1n) is 8.92. The Hall–Kier alpha value is -2.31. The molecule has 6 heteroatoms. The van der Waals surface area contributed by atoms with Gasteiger partial charge in [-0.25, -0.2) is 0 Å². The fourth-order valence-corrected chi connectivity index (χ4v) is 3.22. The van der Waals surface area contributed by atoms with Crippen molar-refractivity contribution >= 4 is 29.3 Å². The highest BCUT2D eigenvalue weighted by molar-refractivity contribution is 6.62. The average molecular weight is 349 g/mol. The lowest BCUT2D eigenvalue weighted by molar-refractivity contribution is 0.00578. The van der Waals surface area contributed by atoms with E-state index in [2.05, 4.69) is 51.0 Å². The largest absolute Gasteiger partial charge is 0.494 e. The minimum absolute atomic E-state index is 0.365. The summed E-state index contributed by atoms with van der Waals surface area (Å²) in [6.45, 7) is 8.90. The van der Waals surface area contributed by atoms with Crippen LogP contribution in [0.25, 0.3) is 10.9 Å². The van der Waals surface area contributed by atoms with E-state index >= 15 is 0 Å². The van der Waals surface area contributed by atoms with Crippen molar-refractivity contribution in [2.75, 3.05) is 5.73 Å². The van der Waals surface area contributed by atoms with E-state index in [0.717, 1.165) is 16.4 Å². The minimum Gasteiger partial charge on any atom is -0.399 e. The minimum atomic E-state index is -0.398. The van der Waals surface area contributed by atoms with E-state index in [1.165, 1.54) is 5.56 Å². The van der Waals surface area contributed by atoms with Crippen LogP contribution in [0.2, 0.25) is 0 Å². The Morgan fingerprint density at radius 2 is 1.65 bits per heavy atom. The molecule has 0 unspecified atom stereocenters. The van der Waals surface area contributed by atoms with Crippen LogP contribution in [0.4, 0.5) is 5.82 Å². The molecule has 0 spiro atoms. The van der Waals surface area contributed by atoms with Gasteiger partial charge >= 0.3 is 7.12 Å². The molecular weight excluding hydrogens is 325 g/mol. The van der Waals surface area contributed by atoms with Crippen LogP contribution in [0, 0.1) is 0 Å².